The van der Waals surface area contributed by atoms with Gasteiger partial charge in [-0.05, 0) is 44.1 Å². The van der Waals surface area contributed by atoms with Gasteiger partial charge in [0.2, 0.25) is 0 Å². The number of amides is 1. The molecule has 0 aromatic heterocycles. The predicted molar refractivity (Wildman–Crippen MR) is 129 cm³/mol. The summed E-state index contributed by atoms with van der Waals surface area (Å²) in [5.74, 6) is 0. The Labute approximate surface area is 190 Å². The first-order valence-electron chi connectivity index (χ1n) is 13.0. The van der Waals surface area contributed by atoms with Gasteiger partial charge in [-0.25, -0.2) is 4.79 Å². The van der Waals surface area contributed by atoms with Crippen molar-refractivity contribution in [3.63, 3.8) is 0 Å². The lowest BCUT2D eigenvalue weighted by Gasteiger charge is -2.44. The van der Waals surface area contributed by atoms with Crippen LogP contribution < -0.4 is 0 Å². The molecule has 2 atom stereocenters. The van der Waals surface area contributed by atoms with Crippen LogP contribution in [0.4, 0.5) is 4.79 Å². The molecule has 2 aliphatic rings. The summed E-state index contributed by atoms with van der Waals surface area (Å²) < 4.78 is 5.66. The number of carbonyl (C=O) groups is 1. The predicted octanol–water partition coefficient (Wildman–Crippen LogP) is 8.19. The minimum atomic E-state index is -0.132. The smallest absolute Gasteiger partial charge is 0.410 e. The summed E-state index contributed by atoms with van der Waals surface area (Å²) in [4.78, 5) is 14.8. The first-order chi connectivity index (χ1) is 15.3. The molecule has 1 fully saturated rings. The number of ether oxygens (including phenoxy) is 1. The highest BCUT2D eigenvalue weighted by atomic mass is 16.6. The zero-order valence-electron chi connectivity index (χ0n) is 19.7. The lowest BCUT2D eigenvalue weighted by molar-refractivity contribution is 0.0479. The molecule has 2 unspecified atom stereocenters. The van der Waals surface area contributed by atoms with E-state index in [0.29, 0.717) is 12.6 Å². The molecule has 0 spiro atoms. The van der Waals surface area contributed by atoms with Crippen molar-refractivity contribution in [3.05, 3.63) is 47.5 Å². The lowest BCUT2D eigenvalue weighted by atomic mass is 9.84. The Kier molecular flexibility index (Phi) is 10.5. The largest absolute Gasteiger partial charge is 0.445 e. The SMILES string of the molecule is CCCCCCCCCCCCC1=CC2CCCC(C1)N2C(=O)OCc1ccccc1. The van der Waals surface area contributed by atoms with Gasteiger partial charge in [0.1, 0.15) is 6.61 Å². The van der Waals surface area contributed by atoms with Crippen molar-refractivity contribution in [2.45, 2.75) is 122 Å². The van der Waals surface area contributed by atoms with E-state index in [1.807, 2.05) is 35.2 Å². The summed E-state index contributed by atoms with van der Waals surface area (Å²) in [6.07, 6.45) is 21.8. The summed E-state index contributed by atoms with van der Waals surface area (Å²) in [7, 11) is 0. The first-order valence-corrected chi connectivity index (χ1v) is 13.0. The average Bonchev–Trinajstić information content (AvgIpc) is 2.79. The van der Waals surface area contributed by atoms with Crippen molar-refractivity contribution in [2.24, 2.45) is 0 Å². The van der Waals surface area contributed by atoms with Gasteiger partial charge in [-0.2, -0.15) is 0 Å². The van der Waals surface area contributed by atoms with E-state index in [-0.39, 0.29) is 12.1 Å². The minimum Gasteiger partial charge on any atom is -0.445 e. The van der Waals surface area contributed by atoms with Crippen LogP contribution in [-0.2, 0) is 11.3 Å². The van der Waals surface area contributed by atoms with Crippen molar-refractivity contribution in [1.29, 1.82) is 0 Å². The van der Waals surface area contributed by atoms with Gasteiger partial charge in [-0.1, -0.05) is 107 Å². The van der Waals surface area contributed by atoms with Crippen LogP contribution in [0.5, 0.6) is 0 Å². The summed E-state index contributed by atoms with van der Waals surface area (Å²) in [6.45, 7) is 2.65. The molecule has 3 heteroatoms. The summed E-state index contributed by atoms with van der Waals surface area (Å²) >= 11 is 0. The van der Waals surface area contributed by atoms with E-state index < -0.39 is 0 Å². The van der Waals surface area contributed by atoms with Gasteiger partial charge in [-0.3, -0.25) is 4.90 Å². The number of rotatable bonds is 13. The van der Waals surface area contributed by atoms with Gasteiger partial charge >= 0.3 is 6.09 Å². The molecule has 0 N–H and O–H groups in total. The fourth-order valence-electron chi connectivity index (χ4n) is 5.22. The van der Waals surface area contributed by atoms with E-state index in [1.54, 1.807) is 5.57 Å². The molecule has 1 saturated heterocycles. The number of fused-ring (bicyclic) bond motifs is 2. The second-order valence-corrected chi connectivity index (χ2v) is 9.56. The molecule has 31 heavy (non-hydrogen) atoms. The Bertz CT molecular complexity index is 669. The van der Waals surface area contributed by atoms with Gasteiger partial charge in [0.15, 0.2) is 0 Å². The fraction of sp³-hybridized carbons (Fsp3) is 0.679. The Morgan fingerprint density at radius 2 is 1.61 bits per heavy atom. The third-order valence-electron chi connectivity index (χ3n) is 6.98. The number of hydrogen-bond acceptors (Lipinski definition) is 2. The van der Waals surface area contributed by atoms with Crippen LogP contribution in [0.25, 0.3) is 0 Å². The topological polar surface area (TPSA) is 29.5 Å². The second kappa shape index (κ2) is 13.6. The van der Waals surface area contributed by atoms with Gasteiger partial charge in [0.05, 0.1) is 6.04 Å². The summed E-state index contributed by atoms with van der Waals surface area (Å²) in [6, 6.07) is 10.6. The van der Waals surface area contributed by atoms with Crippen LogP contribution in [0.3, 0.4) is 0 Å². The van der Waals surface area contributed by atoms with Crippen LogP contribution in [0, 0.1) is 0 Å². The third kappa shape index (κ3) is 8.01. The molecule has 0 aliphatic carbocycles. The van der Waals surface area contributed by atoms with Crippen LogP contribution in [0.1, 0.15) is 109 Å². The molecule has 2 heterocycles. The van der Waals surface area contributed by atoms with Crippen molar-refractivity contribution in [2.75, 3.05) is 0 Å². The van der Waals surface area contributed by atoms with E-state index in [4.69, 9.17) is 4.74 Å². The van der Waals surface area contributed by atoms with Crippen LogP contribution in [0.2, 0.25) is 0 Å². The highest BCUT2D eigenvalue weighted by Crippen LogP contribution is 2.35. The van der Waals surface area contributed by atoms with Crippen LogP contribution >= 0.6 is 0 Å². The second-order valence-electron chi connectivity index (χ2n) is 9.56. The van der Waals surface area contributed by atoms with Crippen molar-refractivity contribution in [3.8, 4) is 0 Å². The maximum Gasteiger partial charge on any atom is 0.410 e. The molecular formula is C28H43NO2. The van der Waals surface area contributed by atoms with Crippen LogP contribution in [-0.4, -0.2) is 23.1 Å². The van der Waals surface area contributed by atoms with E-state index in [1.165, 1.54) is 77.0 Å². The third-order valence-corrected chi connectivity index (χ3v) is 6.98. The van der Waals surface area contributed by atoms with Gasteiger partial charge in [0, 0.05) is 6.04 Å². The Balaban J connectivity index is 1.35. The number of benzene rings is 1. The Hall–Kier alpha value is -1.77. The van der Waals surface area contributed by atoms with Crippen molar-refractivity contribution < 1.29 is 9.53 Å². The zero-order chi connectivity index (χ0) is 21.7. The number of hydrogen-bond donors (Lipinski definition) is 0. The average molecular weight is 426 g/mol. The van der Waals surface area contributed by atoms with E-state index >= 15 is 0 Å². The molecule has 1 amide bonds. The molecule has 2 bridgehead atoms. The van der Waals surface area contributed by atoms with Gasteiger partial charge in [0.25, 0.3) is 0 Å². The summed E-state index contributed by atoms with van der Waals surface area (Å²) in [5.41, 5.74) is 2.64. The maximum atomic E-state index is 12.8. The molecular weight excluding hydrogens is 382 g/mol. The monoisotopic (exact) mass is 425 g/mol. The normalized spacial score (nSPS) is 20.4. The summed E-state index contributed by atoms with van der Waals surface area (Å²) in [5, 5.41) is 0. The van der Waals surface area contributed by atoms with Gasteiger partial charge in [-0.15, -0.1) is 0 Å². The highest BCUT2D eigenvalue weighted by Gasteiger charge is 2.37. The minimum absolute atomic E-state index is 0.132. The van der Waals surface area contributed by atoms with Gasteiger partial charge < -0.3 is 4.74 Å². The van der Waals surface area contributed by atoms with E-state index in [9.17, 15) is 4.79 Å². The molecule has 3 rings (SSSR count). The van der Waals surface area contributed by atoms with Crippen LogP contribution in [0.15, 0.2) is 42.0 Å². The number of carbonyl (C=O) groups excluding carboxylic acids is 1. The molecule has 2 aliphatic heterocycles. The molecule has 172 valence electrons. The number of unbranched alkanes of at least 4 members (excludes halogenated alkanes) is 9. The fourth-order valence-corrected chi connectivity index (χ4v) is 5.22. The van der Waals surface area contributed by atoms with Crippen molar-refractivity contribution in [1.82, 2.24) is 4.90 Å². The standard InChI is InChI=1S/C28H43NO2/c1-2-3-4-5-6-7-8-9-10-12-18-25-21-26-19-15-20-27(22-25)29(26)28(30)31-23-24-16-13-11-14-17-24/h11,13-14,16-17,21,26-27H,2-10,12,15,18-20,22-23H2,1H3. The number of nitrogens with zero attached hydrogens (tertiary/aromatic N) is 1. The quantitative estimate of drug-likeness (QED) is 0.235. The first kappa shape index (κ1) is 23.9. The molecule has 1 aromatic rings. The Morgan fingerprint density at radius 3 is 2.29 bits per heavy atom. The molecule has 0 saturated carbocycles. The Morgan fingerprint density at radius 1 is 0.935 bits per heavy atom. The number of piperidine rings is 1. The lowest BCUT2D eigenvalue weighted by Crippen LogP contribution is -2.51. The highest BCUT2D eigenvalue weighted by molar-refractivity contribution is 5.69. The van der Waals surface area contributed by atoms with E-state index in [2.05, 4.69) is 13.0 Å². The molecule has 3 nitrogen and oxygen atoms in total. The molecule has 0 radical (unpaired) electrons. The van der Waals surface area contributed by atoms with E-state index in [0.717, 1.165) is 24.8 Å². The zero-order valence-corrected chi connectivity index (χ0v) is 19.7. The van der Waals surface area contributed by atoms with Crippen molar-refractivity contribution >= 4 is 6.09 Å². The maximum absolute atomic E-state index is 12.8. The molecule has 1 aromatic carbocycles.